The van der Waals surface area contributed by atoms with E-state index >= 15 is 0 Å². The summed E-state index contributed by atoms with van der Waals surface area (Å²) in [6.07, 6.45) is 2.08. The fourth-order valence-electron chi connectivity index (χ4n) is 3.83. The molecular weight excluding hydrogens is 306 g/mol. The van der Waals surface area contributed by atoms with Crippen molar-refractivity contribution >= 4 is 5.91 Å². The Morgan fingerprint density at radius 3 is 2.75 bits per heavy atom. The number of hydrogen-bond acceptors (Lipinski definition) is 5. The van der Waals surface area contributed by atoms with E-state index in [9.17, 15) is 4.79 Å². The van der Waals surface area contributed by atoms with Crippen LogP contribution >= 0.6 is 0 Å². The number of carbonyl (C=O) groups excluding carboxylic acids is 1. The van der Waals surface area contributed by atoms with E-state index in [0.717, 1.165) is 62.6 Å². The maximum Gasteiger partial charge on any atom is 0.237 e. The van der Waals surface area contributed by atoms with Gasteiger partial charge in [0.15, 0.2) is 11.5 Å². The number of hydrogen-bond donors (Lipinski definition) is 1. The molecule has 0 aromatic heterocycles. The molecule has 24 heavy (non-hydrogen) atoms. The molecule has 3 aliphatic heterocycles. The fraction of sp³-hybridized carbons (Fsp3) is 0.611. The summed E-state index contributed by atoms with van der Waals surface area (Å²) in [6, 6.07) is 6.27. The first-order valence-electron chi connectivity index (χ1n) is 8.93. The number of carbonyl (C=O) groups is 1. The van der Waals surface area contributed by atoms with Crippen molar-refractivity contribution in [3.8, 4) is 11.5 Å². The van der Waals surface area contributed by atoms with Crippen LogP contribution in [0.2, 0.25) is 0 Å². The summed E-state index contributed by atoms with van der Waals surface area (Å²) in [5.74, 6) is 1.86. The van der Waals surface area contributed by atoms with Crippen molar-refractivity contribution in [3.05, 3.63) is 23.8 Å². The van der Waals surface area contributed by atoms with Crippen molar-refractivity contribution in [2.75, 3.05) is 52.5 Å². The molecule has 1 aromatic carbocycles. The van der Waals surface area contributed by atoms with Crippen molar-refractivity contribution in [2.45, 2.75) is 18.9 Å². The number of ether oxygens (including phenoxy) is 2. The fourth-order valence-corrected chi connectivity index (χ4v) is 3.83. The first-order chi connectivity index (χ1) is 11.8. The van der Waals surface area contributed by atoms with Gasteiger partial charge in [-0.25, -0.2) is 0 Å². The predicted octanol–water partition coefficient (Wildman–Crippen LogP) is 1.03. The van der Waals surface area contributed by atoms with Gasteiger partial charge in [0.05, 0.1) is 12.6 Å². The van der Waals surface area contributed by atoms with Crippen LogP contribution in [0.1, 0.15) is 24.4 Å². The molecule has 130 valence electrons. The van der Waals surface area contributed by atoms with Gasteiger partial charge >= 0.3 is 0 Å². The summed E-state index contributed by atoms with van der Waals surface area (Å²) in [5.41, 5.74) is 1.16. The number of amides is 1. The molecule has 0 bridgehead atoms. The molecule has 3 aliphatic rings. The minimum atomic E-state index is 0.163. The highest BCUT2D eigenvalue weighted by Gasteiger charge is 2.31. The van der Waals surface area contributed by atoms with Crippen molar-refractivity contribution < 1.29 is 14.3 Å². The standard InChI is InChI=1S/C18H25N3O3/c22-18(13-20-8-5-19-6-9-20)21-7-1-2-15(21)14-3-4-16-17(12-14)24-11-10-23-16/h3-4,12,15,19H,1-2,5-11,13H2. The molecule has 1 amide bonds. The zero-order valence-electron chi connectivity index (χ0n) is 14.0. The second kappa shape index (κ2) is 6.99. The zero-order valence-corrected chi connectivity index (χ0v) is 14.0. The minimum Gasteiger partial charge on any atom is -0.486 e. The third-order valence-electron chi connectivity index (χ3n) is 5.09. The molecule has 2 fully saturated rings. The van der Waals surface area contributed by atoms with E-state index in [-0.39, 0.29) is 11.9 Å². The van der Waals surface area contributed by atoms with Gasteiger partial charge in [0, 0.05) is 32.7 Å². The third kappa shape index (κ3) is 3.21. The average molecular weight is 331 g/mol. The van der Waals surface area contributed by atoms with Crippen LogP contribution in [0.4, 0.5) is 0 Å². The number of nitrogens with zero attached hydrogens (tertiary/aromatic N) is 2. The quantitative estimate of drug-likeness (QED) is 0.896. The lowest BCUT2D eigenvalue weighted by Gasteiger charge is -2.31. The van der Waals surface area contributed by atoms with Gasteiger partial charge in [-0.15, -0.1) is 0 Å². The number of piperazine rings is 1. The molecular formula is C18H25N3O3. The summed E-state index contributed by atoms with van der Waals surface area (Å²) >= 11 is 0. The summed E-state index contributed by atoms with van der Waals surface area (Å²) < 4.78 is 11.3. The minimum absolute atomic E-state index is 0.163. The summed E-state index contributed by atoms with van der Waals surface area (Å²) in [7, 11) is 0. The van der Waals surface area contributed by atoms with E-state index in [2.05, 4.69) is 22.3 Å². The van der Waals surface area contributed by atoms with Gasteiger partial charge in [-0.1, -0.05) is 6.07 Å². The Kier molecular flexibility index (Phi) is 4.58. The number of likely N-dealkylation sites (tertiary alicyclic amines) is 1. The highest BCUT2D eigenvalue weighted by atomic mass is 16.6. The molecule has 1 unspecified atom stereocenters. The Morgan fingerprint density at radius 1 is 1.12 bits per heavy atom. The van der Waals surface area contributed by atoms with Crippen molar-refractivity contribution in [2.24, 2.45) is 0 Å². The monoisotopic (exact) mass is 331 g/mol. The van der Waals surface area contributed by atoms with E-state index in [1.165, 1.54) is 0 Å². The summed E-state index contributed by atoms with van der Waals surface area (Å²) in [6.45, 7) is 6.42. The van der Waals surface area contributed by atoms with E-state index < -0.39 is 0 Å². The van der Waals surface area contributed by atoms with Crippen LogP contribution in [0.15, 0.2) is 18.2 Å². The largest absolute Gasteiger partial charge is 0.486 e. The molecule has 1 atom stereocenters. The molecule has 1 N–H and O–H groups in total. The third-order valence-corrected chi connectivity index (χ3v) is 5.09. The zero-order chi connectivity index (χ0) is 16.4. The lowest BCUT2D eigenvalue weighted by atomic mass is 10.0. The Hall–Kier alpha value is -1.79. The number of rotatable bonds is 3. The van der Waals surface area contributed by atoms with Crippen molar-refractivity contribution in [3.63, 3.8) is 0 Å². The van der Waals surface area contributed by atoms with Crippen LogP contribution in [-0.2, 0) is 4.79 Å². The van der Waals surface area contributed by atoms with Gasteiger partial charge in [-0.05, 0) is 30.5 Å². The van der Waals surface area contributed by atoms with Crippen molar-refractivity contribution in [1.29, 1.82) is 0 Å². The maximum absolute atomic E-state index is 12.8. The molecule has 1 aromatic rings. The van der Waals surface area contributed by atoms with E-state index in [4.69, 9.17) is 9.47 Å². The highest BCUT2D eigenvalue weighted by molar-refractivity contribution is 5.79. The van der Waals surface area contributed by atoms with Crippen molar-refractivity contribution in [1.82, 2.24) is 15.1 Å². The SMILES string of the molecule is O=C(CN1CCNCC1)N1CCCC1c1ccc2c(c1)OCCO2. The Balaban J connectivity index is 1.47. The van der Waals surface area contributed by atoms with Crippen LogP contribution < -0.4 is 14.8 Å². The lowest BCUT2D eigenvalue weighted by Crippen LogP contribution is -2.48. The highest BCUT2D eigenvalue weighted by Crippen LogP contribution is 2.38. The predicted molar refractivity (Wildman–Crippen MR) is 90.4 cm³/mol. The first-order valence-corrected chi connectivity index (χ1v) is 8.93. The maximum atomic E-state index is 12.8. The molecule has 2 saturated heterocycles. The van der Waals surface area contributed by atoms with Gasteiger partial charge in [-0.2, -0.15) is 0 Å². The molecule has 6 nitrogen and oxygen atoms in total. The molecule has 0 aliphatic carbocycles. The van der Waals surface area contributed by atoms with Gasteiger partial charge in [0.25, 0.3) is 0 Å². The summed E-state index contributed by atoms with van der Waals surface area (Å²) in [5, 5.41) is 3.33. The second-order valence-corrected chi connectivity index (χ2v) is 6.67. The summed E-state index contributed by atoms with van der Waals surface area (Å²) in [4.78, 5) is 17.1. The first kappa shape index (κ1) is 15.7. The lowest BCUT2D eigenvalue weighted by molar-refractivity contribution is -0.133. The molecule has 6 heteroatoms. The molecule has 4 rings (SSSR count). The number of benzene rings is 1. The van der Waals surface area contributed by atoms with Crippen LogP contribution in [0.25, 0.3) is 0 Å². The average Bonchev–Trinajstić information content (AvgIpc) is 3.12. The van der Waals surface area contributed by atoms with Crippen LogP contribution in [0.3, 0.4) is 0 Å². The molecule has 0 radical (unpaired) electrons. The van der Waals surface area contributed by atoms with Gasteiger partial charge in [-0.3, -0.25) is 9.69 Å². The van der Waals surface area contributed by atoms with E-state index in [1.54, 1.807) is 0 Å². The molecule has 0 spiro atoms. The normalized spacial score (nSPS) is 24.2. The second-order valence-electron chi connectivity index (χ2n) is 6.67. The van der Waals surface area contributed by atoms with Crippen LogP contribution in [0, 0.1) is 0 Å². The van der Waals surface area contributed by atoms with Gasteiger partial charge in [0.2, 0.25) is 5.91 Å². The van der Waals surface area contributed by atoms with E-state index in [0.29, 0.717) is 19.8 Å². The number of fused-ring (bicyclic) bond motifs is 1. The molecule has 0 saturated carbocycles. The Bertz CT molecular complexity index is 601. The Morgan fingerprint density at radius 2 is 1.92 bits per heavy atom. The number of nitrogens with one attached hydrogen (secondary N) is 1. The Labute approximate surface area is 142 Å². The van der Waals surface area contributed by atoms with Gasteiger partial charge in [0.1, 0.15) is 13.2 Å². The van der Waals surface area contributed by atoms with Crippen LogP contribution in [0.5, 0.6) is 11.5 Å². The van der Waals surface area contributed by atoms with Crippen LogP contribution in [-0.4, -0.2) is 68.2 Å². The van der Waals surface area contributed by atoms with Gasteiger partial charge < -0.3 is 19.7 Å². The molecule has 3 heterocycles. The topological polar surface area (TPSA) is 54.0 Å². The smallest absolute Gasteiger partial charge is 0.237 e. The van der Waals surface area contributed by atoms with E-state index in [1.807, 2.05) is 11.0 Å².